The van der Waals surface area contributed by atoms with Crippen LogP contribution in [0, 0.1) is 23.7 Å². The van der Waals surface area contributed by atoms with Gasteiger partial charge < -0.3 is 19.4 Å². The third-order valence-electron chi connectivity index (χ3n) is 11.6. The van der Waals surface area contributed by atoms with Crippen molar-refractivity contribution in [3.63, 3.8) is 0 Å². The van der Waals surface area contributed by atoms with E-state index >= 15 is 0 Å². The number of anilines is 1. The summed E-state index contributed by atoms with van der Waals surface area (Å²) in [6.45, 7) is 18.5. The third kappa shape index (κ3) is 4.75. The molecule has 1 aromatic carbocycles. The first-order chi connectivity index (χ1) is 21.5. The number of piperidine rings is 1. The van der Waals surface area contributed by atoms with Crippen LogP contribution in [0.4, 0.5) is 5.82 Å². The van der Waals surface area contributed by atoms with Crippen LogP contribution in [0.3, 0.4) is 0 Å². The average molecular weight is 653 g/mol. The van der Waals surface area contributed by atoms with Gasteiger partial charge in [0.1, 0.15) is 0 Å². The van der Waals surface area contributed by atoms with Crippen LogP contribution in [-0.4, -0.2) is 93.7 Å². The molecule has 1 aliphatic carbocycles. The van der Waals surface area contributed by atoms with E-state index in [4.69, 9.17) is 33.0 Å². The molecule has 3 aromatic rings. The van der Waals surface area contributed by atoms with Crippen LogP contribution < -0.4 is 4.90 Å². The van der Waals surface area contributed by atoms with E-state index in [9.17, 15) is 4.79 Å². The van der Waals surface area contributed by atoms with Crippen molar-refractivity contribution in [2.75, 3.05) is 57.4 Å². The quantitative estimate of drug-likeness (QED) is 0.324. The molecule has 11 heteroatoms. The number of ether oxygens (including phenoxy) is 1. The minimum Gasteiger partial charge on any atom is -0.381 e. The fourth-order valence-corrected chi connectivity index (χ4v) is 9.87. The van der Waals surface area contributed by atoms with Gasteiger partial charge in [0.15, 0.2) is 5.82 Å². The standard InChI is InChI=1S/C34H43Cl2N7O2/c1-5-27(44)41-18-34(19-41)12-23(13-34)43-21(2)28(29-24-14-37-38-26(24)10-25(35)30(29)36)31(39-43)42-8-6-22(11-32(42,3)4)15-40-16-33(17-40)7-9-45-20-33/h5,10,14,22-23H,1,6-9,11-13,15-20H2,2-4H3,(H,37,38)/t22-/m1/s1. The Morgan fingerprint density at radius 1 is 1.16 bits per heavy atom. The molecular formula is C34H43Cl2N7O2. The van der Waals surface area contributed by atoms with Crippen LogP contribution in [0.5, 0.6) is 0 Å². The molecule has 1 atom stereocenters. The number of aromatic nitrogens is 4. The predicted octanol–water partition coefficient (Wildman–Crippen LogP) is 6.11. The maximum atomic E-state index is 12.1. The summed E-state index contributed by atoms with van der Waals surface area (Å²) in [6.07, 6.45) is 8.71. The summed E-state index contributed by atoms with van der Waals surface area (Å²) in [5, 5.41) is 14.9. The van der Waals surface area contributed by atoms with Crippen molar-refractivity contribution in [2.24, 2.45) is 16.7 Å². The summed E-state index contributed by atoms with van der Waals surface area (Å²) in [4.78, 5) is 19.2. The summed E-state index contributed by atoms with van der Waals surface area (Å²) in [6, 6.07) is 2.13. The molecular weight excluding hydrogens is 609 g/mol. The number of nitrogens with zero attached hydrogens (tertiary/aromatic N) is 6. The van der Waals surface area contributed by atoms with Crippen LogP contribution in [-0.2, 0) is 9.53 Å². The molecule has 6 heterocycles. The Balaban J connectivity index is 1.10. The Morgan fingerprint density at radius 3 is 2.62 bits per heavy atom. The van der Waals surface area contributed by atoms with Crippen molar-refractivity contribution in [1.29, 1.82) is 0 Å². The second-order valence-electron chi connectivity index (χ2n) is 15.4. The lowest BCUT2D eigenvalue weighted by Crippen LogP contribution is -2.63. The average Bonchev–Trinajstić information content (AvgIpc) is 3.67. The molecule has 0 bridgehead atoms. The topological polar surface area (TPSA) is 82.5 Å². The number of carbonyl (C=O) groups is 1. The van der Waals surface area contributed by atoms with E-state index in [2.05, 4.69) is 52.0 Å². The highest BCUT2D eigenvalue weighted by Crippen LogP contribution is 2.56. The molecule has 5 aliphatic rings. The van der Waals surface area contributed by atoms with Gasteiger partial charge in [0.05, 0.1) is 34.4 Å². The van der Waals surface area contributed by atoms with E-state index in [1.54, 1.807) is 0 Å². The summed E-state index contributed by atoms with van der Waals surface area (Å²) in [5.74, 6) is 1.64. The highest BCUT2D eigenvalue weighted by atomic mass is 35.5. The minimum absolute atomic E-state index is 0.0236. The summed E-state index contributed by atoms with van der Waals surface area (Å²) in [5.41, 5.74) is 4.41. The van der Waals surface area contributed by atoms with Gasteiger partial charge in [-0.25, -0.2) is 0 Å². The molecule has 45 heavy (non-hydrogen) atoms. The molecule has 2 aromatic heterocycles. The Hall–Kier alpha value is -2.59. The number of benzene rings is 1. The number of nitrogens with one attached hydrogen (secondary N) is 1. The second kappa shape index (κ2) is 10.5. The number of hydrogen-bond acceptors (Lipinski definition) is 6. The predicted molar refractivity (Wildman–Crippen MR) is 178 cm³/mol. The van der Waals surface area contributed by atoms with Crippen LogP contribution >= 0.6 is 23.2 Å². The van der Waals surface area contributed by atoms with Gasteiger partial charge in [-0.3, -0.25) is 14.6 Å². The molecule has 4 aliphatic heterocycles. The lowest BCUT2D eigenvalue weighted by atomic mass is 9.60. The number of rotatable bonds is 6. The van der Waals surface area contributed by atoms with Gasteiger partial charge in [0.25, 0.3) is 0 Å². The number of amides is 1. The largest absolute Gasteiger partial charge is 0.381 e. The lowest BCUT2D eigenvalue weighted by molar-refractivity contribution is -0.149. The molecule has 0 unspecified atom stereocenters. The van der Waals surface area contributed by atoms with Crippen molar-refractivity contribution in [1.82, 2.24) is 29.8 Å². The maximum absolute atomic E-state index is 12.1. The highest BCUT2D eigenvalue weighted by Gasteiger charge is 2.55. The van der Waals surface area contributed by atoms with E-state index in [1.165, 1.54) is 25.6 Å². The number of carbonyl (C=O) groups excluding carboxylic acids is 1. The van der Waals surface area contributed by atoms with Crippen molar-refractivity contribution in [3.8, 4) is 11.1 Å². The summed E-state index contributed by atoms with van der Waals surface area (Å²) in [7, 11) is 0. The van der Waals surface area contributed by atoms with Gasteiger partial charge in [-0.1, -0.05) is 29.8 Å². The number of likely N-dealkylation sites (tertiary alicyclic amines) is 2. The number of hydrogen-bond donors (Lipinski definition) is 1. The van der Waals surface area contributed by atoms with Gasteiger partial charge in [-0.05, 0) is 70.9 Å². The number of H-pyrrole nitrogens is 1. The number of aromatic amines is 1. The lowest BCUT2D eigenvalue weighted by Gasteiger charge is -2.58. The minimum atomic E-state index is -0.0940. The Morgan fingerprint density at radius 2 is 1.93 bits per heavy atom. The molecule has 2 spiro atoms. The summed E-state index contributed by atoms with van der Waals surface area (Å²) >= 11 is 13.8. The van der Waals surface area contributed by atoms with E-state index in [0.29, 0.717) is 21.4 Å². The van der Waals surface area contributed by atoms with Crippen LogP contribution in [0.15, 0.2) is 24.9 Å². The zero-order valence-electron chi connectivity index (χ0n) is 26.5. The van der Waals surface area contributed by atoms with Crippen molar-refractivity contribution < 1.29 is 9.53 Å². The SMILES string of the molecule is C=CC(=O)N1CC2(CC(n3nc(N4CC[C@@H](CN5CC6(CCOC6)C5)CC4(C)C)c(-c4c(Cl)c(Cl)cc5[nH]ncc45)c3C)C2)C1. The van der Waals surface area contributed by atoms with Gasteiger partial charge >= 0.3 is 0 Å². The zero-order valence-corrected chi connectivity index (χ0v) is 28.1. The molecule has 1 amide bonds. The molecule has 5 fully saturated rings. The van der Waals surface area contributed by atoms with Crippen LogP contribution in [0.25, 0.3) is 22.0 Å². The molecule has 9 nitrogen and oxygen atoms in total. The molecule has 0 radical (unpaired) electrons. The Bertz CT molecular complexity index is 1670. The van der Waals surface area contributed by atoms with E-state index < -0.39 is 0 Å². The molecule has 4 saturated heterocycles. The smallest absolute Gasteiger partial charge is 0.245 e. The fourth-order valence-electron chi connectivity index (χ4n) is 9.41. The molecule has 1 saturated carbocycles. The van der Waals surface area contributed by atoms with Crippen LogP contribution in [0.1, 0.15) is 57.7 Å². The van der Waals surface area contributed by atoms with Crippen molar-refractivity contribution in [2.45, 2.75) is 64.5 Å². The summed E-state index contributed by atoms with van der Waals surface area (Å²) < 4.78 is 7.96. The van der Waals surface area contributed by atoms with Crippen molar-refractivity contribution in [3.05, 3.63) is 40.7 Å². The monoisotopic (exact) mass is 651 g/mol. The van der Waals surface area contributed by atoms with E-state index in [0.717, 1.165) is 98.6 Å². The van der Waals surface area contributed by atoms with E-state index in [-0.39, 0.29) is 22.9 Å². The van der Waals surface area contributed by atoms with Gasteiger partial charge in [-0.2, -0.15) is 10.2 Å². The van der Waals surface area contributed by atoms with E-state index in [1.807, 2.05) is 17.2 Å². The van der Waals surface area contributed by atoms with Crippen LogP contribution in [0.2, 0.25) is 10.0 Å². The first-order valence-corrected chi connectivity index (χ1v) is 17.2. The van der Waals surface area contributed by atoms with Gasteiger partial charge in [-0.15, -0.1) is 0 Å². The molecule has 8 rings (SSSR count). The third-order valence-corrected chi connectivity index (χ3v) is 12.4. The Labute approximate surface area is 274 Å². The Kier molecular flexibility index (Phi) is 6.92. The highest BCUT2D eigenvalue weighted by molar-refractivity contribution is 6.45. The first kappa shape index (κ1) is 29.8. The number of fused-ring (bicyclic) bond motifs is 1. The second-order valence-corrected chi connectivity index (χ2v) is 16.1. The van der Waals surface area contributed by atoms with Gasteiger partial charge in [0.2, 0.25) is 5.91 Å². The molecule has 1 N–H and O–H groups in total. The first-order valence-electron chi connectivity index (χ1n) is 16.4. The zero-order chi connectivity index (χ0) is 31.3. The number of halogens is 2. The normalized spacial score (nSPS) is 25.5. The van der Waals surface area contributed by atoms with Gasteiger partial charge in [0, 0.05) is 84.5 Å². The van der Waals surface area contributed by atoms with Crippen molar-refractivity contribution >= 4 is 45.8 Å². The molecule has 240 valence electrons. The fraction of sp³-hybridized carbons (Fsp3) is 0.618. The maximum Gasteiger partial charge on any atom is 0.245 e.